The average molecular weight is 194 g/mol. The molecule has 1 aliphatic rings. The molecule has 2 rings (SSSR count). The monoisotopic (exact) mass is 194 g/mol. The van der Waals surface area contributed by atoms with E-state index >= 15 is 0 Å². The summed E-state index contributed by atoms with van der Waals surface area (Å²) in [4.78, 5) is 13.9. The van der Waals surface area contributed by atoms with E-state index in [0.717, 1.165) is 12.2 Å². The van der Waals surface area contributed by atoms with Gasteiger partial charge in [0.05, 0.1) is 0 Å². The molecule has 1 aliphatic heterocycles. The van der Waals surface area contributed by atoms with Crippen molar-refractivity contribution in [1.29, 1.82) is 0 Å². The number of nitrogens with one attached hydrogen (secondary N) is 2. The Hall–Kier alpha value is -1.13. The van der Waals surface area contributed by atoms with E-state index in [1.807, 2.05) is 13.0 Å². The first-order valence-electron chi connectivity index (χ1n) is 4.75. The number of hydrogen-bond acceptors (Lipinski definition) is 3. The van der Waals surface area contributed by atoms with E-state index in [0.29, 0.717) is 18.5 Å². The number of H-pyrrole nitrogens is 1. The molecule has 4 nitrogen and oxygen atoms in total. The first-order valence-corrected chi connectivity index (χ1v) is 4.75. The van der Waals surface area contributed by atoms with Crippen LogP contribution in [-0.2, 0) is 5.60 Å². The maximum Gasteiger partial charge on any atom is 0.248 e. The highest BCUT2D eigenvalue weighted by Crippen LogP contribution is 2.26. The zero-order valence-corrected chi connectivity index (χ0v) is 8.13. The normalized spacial score (nSPS) is 26.7. The smallest absolute Gasteiger partial charge is 0.248 e. The predicted octanol–water partition coefficient (Wildman–Crippen LogP) is -0.136. The molecule has 0 saturated carbocycles. The molecule has 1 saturated heterocycles. The van der Waals surface area contributed by atoms with Gasteiger partial charge in [-0.2, -0.15) is 0 Å². The van der Waals surface area contributed by atoms with Crippen LogP contribution in [-0.4, -0.2) is 23.2 Å². The van der Waals surface area contributed by atoms with Crippen LogP contribution in [0.1, 0.15) is 17.7 Å². The quantitative estimate of drug-likeness (QED) is 0.583. The lowest BCUT2D eigenvalue weighted by Crippen LogP contribution is -2.30. The van der Waals surface area contributed by atoms with Crippen molar-refractivity contribution >= 4 is 0 Å². The Balaban J connectivity index is 2.45. The Morgan fingerprint density at radius 2 is 2.29 bits per heavy atom. The Morgan fingerprint density at radius 1 is 1.50 bits per heavy atom. The minimum absolute atomic E-state index is 0.152. The zero-order chi connectivity index (χ0) is 10.2. The zero-order valence-electron chi connectivity index (χ0n) is 8.13. The molecule has 0 amide bonds. The second kappa shape index (κ2) is 3.22. The van der Waals surface area contributed by atoms with Crippen LogP contribution >= 0.6 is 0 Å². The molecule has 0 radical (unpaired) electrons. The third-order valence-corrected chi connectivity index (χ3v) is 2.65. The molecular formula is C10H14N2O2. The molecule has 1 aromatic heterocycles. The molecule has 1 fully saturated rings. The number of β-amino-alcohol motifs (C(OH)–C–C–N with tert-alkyl or cyclic N) is 1. The van der Waals surface area contributed by atoms with Crippen LogP contribution in [0.3, 0.4) is 0 Å². The summed E-state index contributed by atoms with van der Waals surface area (Å²) in [6.07, 6.45) is 0.663. The van der Waals surface area contributed by atoms with Crippen molar-refractivity contribution in [1.82, 2.24) is 10.3 Å². The molecule has 4 heteroatoms. The van der Waals surface area contributed by atoms with E-state index in [2.05, 4.69) is 10.3 Å². The van der Waals surface area contributed by atoms with Crippen molar-refractivity contribution < 1.29 is 5.11 Å². The molecule has 1 atom stereocenters. The number of pyridine rings is 1. The summed E-state index contributed by atoms with van der Waals surface area (Å²) in [6, 6.07) is 3.30. The van der Waals surface area contributed by atoms with E-state index < -0.39 is 5.60 Å². The lowest BCUT2D eigenvalue weighted by molar-refractivity contribution is 0.0585. The summed E-state index contributed by atoms with van der Waals surface area (Å²) in [6.45, 7) is 3.13. The second-order valence-electron chi connectivity index (χ2n) is 3.87. The van der Waals surface area contributed by atoms with Crippen LogP contribution in [0, 0.1) is 6.92 Å². The molecule has 76 valence electrons. The molecular weight excluding hydrogens is 180 g/mol. The summed E-state index contributed by atoms with van der Waals surface area (Å²) in [7, 11) is 0. The van der Waals surface area contributed by atoms with Crippen molar-refractivity contribution in [3.63, 3.8) is 0 Å². The number of aromatic amines is 1. The highest BCUT2D eigenvalue weighted by Gasteiger charge is 2.33. The van der Waals surface area contributed by atoms with Gasteiger partial charge in [-0.05, 0) is 31.5 Å². The first-order chi connectivity index (χ1) is 6.60. The highest BCUT2D eigenvalue weighted by atomic mass is 16.3. The van der Waals surface area contributed by atoms with Gasteiger partial charge in [-0.3, -0.25) is 4.79 Å². The number of hydrogen-bond donors (Lipinski definition) is 3. The standard InChI is InChI=1S/C10H14N2O2/c1-7-4-8(5-9(13)12-7)10(14)2-3-11-6-10/h4-5,11,14H,2-3,6H2,1H3,(H,12,13). The fraction of sp³-hybridized carbons (Fsp3) is 0.500. The highest BCUT2D eigenvalue weighted by molar-refractivity contribution is 5.24. The Bertz CT molecular complexity index is 391. The van der Waals surface area contributed by atoms with Gasteiger partial charge in [0.2, 0.25) is 5.56 Å². The Labute approximate surface area is 82.0 Å². The molecule has 0 aliphatic carbocycles. The van der Waals surface area contributed by atoms with Gasteiger partial charge in [-0.1, -0.05) is 0 Å². The molecule has 1 aromatic rings. The fourth-order valence-corrected chi connectivity index (χ4v) is 1.88. The van der Waals surface area contributed by atoms with Crippen LogP contribution in [0.5, 0.6) is 0 Å². The van der Waals surface area contributed by atoms with Crippen LogP contribution in [0.2, 0.25) is 0 Å². The topological polar surface area (TPSA) is 65.1 Å². The SMILES string of the molecule is Cc1cc(C2(O)CCNC2)cc(=O)[nH]1. The van der Waals surface area contributed by atoms with E-state index in [1.54, 1.807) is 0 Å². The molecule has 0 spiro atoms. The minimum Gasteiger partial charge on any atom is -0.384 e. The van der Waals surface area contributed by atoms with Gasteiger partial charge in [0, 0.05) is 18.3 Å². The van der Waals surface area contributed by atoms with Crippen LogP contribution < -0.4 is 10.9 Å². The third-order valence-electron chi connectivity index (χ3n) is 2.65. The average Bonchev–Trinajstić information content (AvgIpc) is 2.52. The maximum absolute atomic E-state index is 11.2. The number of aryl methyl sites for hydroxylation is 1. The molecule has 2 heterocycles. The molecule has 1 unspecified atom stereocenters. The first kappa shape index (κ1) is 9.43. The van der Waals surface area contributed by atoms with Crippen LogP contribution in [0.15, 0.2) is 16.9 Å². The number of rotatable bonds is 1. The van der Waals surface area contributed by atoms with Crippen molar-refractivity contribution in [2.45, 2.75) is 18.9 Å². The van der Waals surface area contributed by atoms with Gasteiger partial charge in [-0.15, -0.1) is 0 Å². The van der Waals surface area contributed by atoms with E-state index in [4.69, 9.17) is 0 Å². The Kier molecular flexibility index (Phi) is 2.17. The lowest BCUT2D eigenvalue weighted by atomic mass is 9.93. The van der Waals surface area contributed by atoms with Gasteiger partial charge in [-0.25, -0.2) is 0 Å². The van der Waals surface area contributed by atoms with E-state index in [1.165, 1.54) is 6.07 Å². The van der Waals surface area contributed by atoms with Crippen molar-refractivity contribution in [3.8, 4) is 0 Å². The van der Waals surface area contributed by atoms with Crippen LogP contribution in [0.25, 0.3) is 0 Å². The minimum atomic E-state index is -0.862. The summed E-state index contributed by atoms with van der Waals surface area (Å²) < 4.78 is 0. The lowest BCUT2D eigenvalue weighted by Gasteiger charge is -2.21. The molecule has 0 aromatic carbocycles. The molecule has 3 N–H and O–H groups in total. The summed E-state index contributed by atoms with van der Waals surface area (Å²) in [5, 5.41) is 13.3. The van der Waals surface area contributed by atoms with Crippen molar-refractivity contribution in [3.05, 3.63) is 33.7 Å². The van der Waals surface area contributed by atoms with Crippen LogP contribution in [0.4, 0.5) is 0 Å². The van der Waals surface area contributed by atoms with Crippen molar-refractivity contribution in [2.24, 2.45) is 0 Å². The largest absolute Gasteiger partial charge is 0.384 e. The molecule has 0 bridgehead atoms. The summed E-state index contributed by atoms with van der Waals surface area (Å²) >= 11 is 0. The van der Waals surface area contributed by atoms with Gasteiger partial charge in [0.25, 0.3) is 0 Å². The maximum atomic E-state index is 11.2. The van der Waals surface area contributed by atoms with E-state index in [9.17, 15) is 9.90 Å². The summed E-state index contributed by atoms with van der Waals surface area (Å²) in [5.74, 6) is 0. The summed E-state index contributed by atoms with van der Waals surface area (Å²) in [5.41, 5.74) is 0.482. The Morgan fingerprint density at radius 3 is 2.86 bits per heavy atom. The third kappa shape index (κ3) is 1.58. The second-order valence-corrected chi connectivity index (χ2v) is 3.87. The van der Waals surface area contributed by atoms with Gasteiger partial charge in [0.15, 0.2) is 0 Å². The van der Waals surface area contributed by atoms with Gasteiger partial charge < -0.3 is 15.4 Å². The fourth-order valence-electron chi connectivity index (χ4n) is 1.88. The molecule has 14 heavy (non-hydrogen) atoms. The van der Waals surface area contributed by atoms with Gasteiger partial charge in [0.1, 0.15) is 5.60 Å². The van der Waals surface area contributed by atoms with Gasteiger partial charge >= 0.3 is 0 Å². The number of aromatic nitrogens is 1. The number of aliphatic hydroxyl groups is 1. The predicted molar refractivity (Wildman–Crippen MR) is 53.2 cm³/mol. The van der Waals surface area contributed by atoms with Crippen molar-refractivity contribution in [2.75, 3.05) is 13.1 Å². The van der Waals surface area contributed by atoms with E-state index in [-0.39, 0.29) is 5.56 Å².